The van der Waals surface area contributed by atoms with Crippen LogP contribution < -0.4 is 0 Å². The van der Waals surface area contributed by atoms with E-state index in [0.717, 1.165) is 12.8 Å². The van der Waals surface area contributed by atoms with Crippen molar-refractivity contribution in [2.24, 2.45) is 23.7 Å². The fourth-order valence-electron chi connectivity index (χ4n) is 2.65. The molecule has 0 bridgehead atoms. The van der Waals surface area contributed by atoms with Crippen LogP contribution in [0.15, 0.2) is 0 Å². The zero-order valence-electron chi connectivity index (χ0n) is 17.6. The lowest BCUT2D eigenvalue weighted by atomic mass is 9.93. The Labute approximate surface area is 154 Å². The van der Waals surface area contributed by atoms with Crippen LogP contribution >= 0.6 is 0 Å². The first kappa shape index (κ1) is 24.0. The van der Waals surface area contributed by atoms with E-state index in [1.54, 1.807) is 0 Å². The van der Waals surface area contributed by atoms with Crippen molar-refractivity contribution in [2.45, 2.75) is 80.7 Å². The number of rotatable bonds is 13. The molecule has 0 aliphatic heterocycles. The van der Waals surface area contributed by atoms with Gasteiger partial charge in [-0.2, -0.15) is 0 Å². The molecule has 0 saturated heterocycles. The van der Waals surface area contributed by atoms with Gasteiger partial charge in [-0.05, 0) is 12.3 Å². The van der Waals surface area contributed by atoms with Gasteiger partial charge >= 0.3 is 0 Å². The number of hydrogen-bond acceptors (Lipinski definition) is 4. The minimum absolute atomic E-state index is 0.0852. The first-order valence-corrected chi connectivity index (χ1v) is 9.80. The molecule has 0 fully saturated rings. The summed E-state index contributed by atoms with van der Waals surface area (Å²) in [6.07, 6.45) is 2.70. The number of hydrogen-bond donors (Lipinski definition) is 0. The van der Waals surface area contributed by atoms with Gasteiger partial charge in [-0.1, -0.05) is 68.2 Å². The summed E-state index contributed by atoms with van der Waals surface area (Å²) in [5.74, 6) is 0.595. The van der Waals surface area contributed by atoms with Crippen LogP contribution in [0.4, 0.5) is 0 Å². The zero-order valence-corrected chi connectivity index (χ0v) is 17.6. The number of carbonyl (C=O) groups excluding carboxylic acids is 3. The summed E-state index contributed by atoms with van der Waals surface area (Å²) >= 11 is 0. The van der Waals surface area contributed by atoms with Gasteiger partial charge in [0.15, 0.2) is 5.78 Å². The predicted octanol–water partition coefficient (Wildman–Crippen LogP) is 4.16. The second-order valence-corrected chi connectivity index (χ2v) is 8.54. The van der Waals surface area contributed by atoms with Crippen LogP contribution in [-0.2, 0) is 14.4 Å². The molecule has 0 aromatic carbocycles. The normalized spacial score (nSPS) is 13.3. The Kier molecular flexibility index (Phi) is 11.1. The molecule has 0 N–H and O–H groups in total. The molecule has 0 amide bonds. The highest BCUT2D eigenvalue weighted by Crippen LogP contribution is 2.18. The van der Waals surface area contributed by atoms with Crippen LogP contribution in [0, 0.1) is 23.7 Å². The highest BCUT2D eigenvalue weighted by Gasteiger charge is 2.31. The molecule has 4 nitrogen and oxygen atoms in total. The second kappa shape index (κ2) is 11.6. The van der Waals surface area contributed by atoms with Gasteiger partial charge in [0, 0.05) is 17.8 Å². The van der Waals surface area contributed by atoms with Crippen molar-refractivity contribution in [3.63, 3.8) is 0 Å². The molecule has 0 saturated carbocycles. The monoisotopic (exact) mass is 353 g/mol. The highest BCUT2D eigenvalue weighted by atomic mass is 16.1. The van der Waals surface area contributed by atoms with Crippen molar-refractivity contribution in [1.29, 1.82) is 0 Å². The third kappa shape index (κ3) is 9.29. The van der Waals surface area contributed by atoms with E-state index in [-0.39, 0.29) is 54.2 Å². The first-order valence-electron chi connectivity index (χ1n) is 9.80. The molecule has 146 valence electrons. The van der Waals surface area contributed by atoms with Crippen molar-refractivity contribution in [3.05, 3.63) is 0 Å². The third-order valence-corrected chi connectivity index (χ3v) is 4.60. The largest absolute Gasteiger partial charge is 0.298 e. The Bertz CT molecular complexity index is 416. The van der Waals surface area contributed by atoms with Gasteiger partial charge in [0.1, 0.15) is 11.6 Å². The van der Waals surface area contributed by atoms with Crippen molar-refractivity contribution in [1.82, 2.24) is 4.90 Å². The average Bonchev–Trinajstić information content (AvgIpc) is 2.49. The van der Waals surface area contributed by atoms with Gasteiger partial charge in [-0.15, -0.1) is 0 Å². The van der Waals surface area contributed by atoms with E-state index in [4.69, 9.17) is 0 Å². The Morgan fingerprint density at radius 3 is 1.44 bits per heavy atom. The molecule has 1 atom stereocenters. The van der Waals surface area contributed by atoms with E-state index in [2.05, 4.69) is 13.8 Å². The van der Waals surface area contributed by atoms with Crippen LogP contribution in [0.5, 0.6) is 0 Å². The first-order chi connectivity index (χ1) is 11.5. The topological polar surface area (TPSA) is 54.5 Å². The Morgan fingerprint density at radius 2 is 1.12 bits per heavy atom. The van der Waals surface area contributed by atoms with Gasteiger partial charge in [0.2, 0.25) is 0 Å². The number of nitrogens with zero attached hydrogens (tertiary/aromatic N) is 1. The molecule has 0 aliphatic rings. The zero-order chi connectivity index (χ0) is 19.7. The molecule has 0 aromatic heterocycles. The third-order valence-electron chi connectivity index (χ3n) is 4.60. The molecule has 0 radical (unpaired) electrons. The quantitative estimate of drug-likeness (QED) is 0.499. The average molecular weight is 354 g/mol. The van der Waals surface area contributed by atoms with E-state index in [0.29, 0.717) is 12.3 Å². The van der Waals surface area contributed by atoms with Crippen molar-refractivity contribution in [3.8, 4) is 0 Å². The summed E-state index contributed by atoms with van der Waals surface area (Å²) in [5, 5.41) is 0. The van der Waals surface area contributed by atoms with Gasteiger partial charge in [-0.25, -0.2) is 0 Å². The van der Waals surface area contributed by atoms with Crippen LogP contribution in [-0.4, -0.2) is 41.4 Å². The van der Waals surface area contributed by atoms with Crippen LogP contribution in [0.3, 0.4) is 0 Å². The summed E-state index contributed by atoms with van der Waals surface area (Å²) in [6.45, 7) is 15.9. The van der Waals surface area contributed by atoms with Crippen LogP contribution in [0.2, 0.25) is 0 Å². The van der Waals surface area contributed by atoms with Crippen molar-refractivity contribution >= 4 is 17.3 Å². The van der Waals surface area contributed by atoms with E-state index in [9.17, 15) is 14.4 Å². The molecule has 25 heavy (non-hydrogen) atoms. The second-order valence-electron chi connectivity index (χ2n) is 8.54. The lowest BCUT2D eigenvalue weighted by molar-refractivity contribution is -0.132. The smallest absolute Gasteiger partial charge is 0.152 e. The van der Waals surface area contributed by atoms with Gasteiger partial charge < -0.3 is 0 Å². The van der Waals surface area contributed by atoms with E-state index >= 15 is 0 Å². The van der Waals surface area contributed by atoms with E-state index in [1.165, 1.54) is 0 Å². The van der Waals surface area contributed by atoms with Crippen molar-refractivity contribution in [2.75, 3.05) is 13.1 Å². The molecule has 0 heterocycles. The lowest BCUT2D eigenvalue weighted by Crippen LogP contribution is -2.49. The highest BCUT2D eigenvalue weighted by molar-refractivity contribution is 5.89. The molecule has 0 spiro atoms. The van der Waals surface area contributed by atoms with Crippen LogP contribution in [0.1, 0.15) is 74.7 Å². The van der Waals surface area contributed by atoms with Gasteiger partial charge in [0.05, 0.1) is 19.1 Å². The molecule has 4 heteroatoms. The number of Topliss-reactive ketones (excluding diaryl/α,β-unsaturated/α-hetero) is 3. The molecule has 0 aromatic rings. The van der Waals surface area contributed by atoms with Crippen LogP contribution in [0.25, 0.3) is 0 Å². The summed E-state index contributed by atoms with van der Waals surface area (Å²) in [4.78, 5) is 39.3. The maximum Gasteiger partial charge on any atom is 0.152 e. The Hall–Kier alpha value is -1.03. The van der Waals surface area contributed by atoms with Gasteiger partial charge in [-0.3, -0.25) is 19.3 Å². The lowest BCUT2D eigenvalue weighted by Gasteiger charge is -2.32. The minimum Gasteiger partial charge on any atom is -0.298 e. The Morgan fingerprint density at radius 1 is 0.680 bits per heavy atom. The molecular weight excluding hydrogens is 314 g/mol. The molecule has 1 unspecified atom stereocenters. The molecular formula is C21H39NO3. The summed E-state index contributed by atoms with van der Waals surface area (Å²) in [7, 11) is 0. The predicted molar refractivity (Wildman–Crippen MR) is 104 cm³/mol. The maximum absolute atomic E-state index is 12.8. The summed E-state index contributed by atoms with van der Waals surface area (Å²) < 4.78 is 0. The standard InChI is InChI=1S/C21H39NO3/c1-14(2)10-9-11-18(21(25)17(7)8)22(12-19(23)15(3)4)13-20(24)16(5)6/h14-18H,9-13H2,1-8H3. The number of ketones is 3. The molecule has 0 aliphatic carbocycles. The fraction of sp³-hybridized carbons (Fsp3) is 0.857. The summed E-state index contributed by atoms with van der Waals surface area (Å²) in [6, 6.07) is -0.343. The Balaban J connectivity index is 5.41. The number of carbonyl (C=O) groups is 3. The van der Waals surface area contributed by atoms with E-state index in [1.807, 2.05) is 46.4 Å². The van der Waals surface area contributed by atoms with Crippen molar-refractivity contribution < 1.29 is 14.4 Å². The van der Waals surface area contributed by atoms with Gasteiger partial charge in [0.25, 0.3) is 0 Å². The summed E-state index contributed by atoms with van der Waals surface area (Å²) in [5.41, 5.74) is 0. The van der Waals surface area contributed by atoms with E-state index < -0.39 is 0 Å². The maximum atomic E-state index is 12.8. The SMILES string of the molecule is CC(C)CCCC(C(=O)C(C)C)N(CC(=O)C(C)C)CC(=O)C(C)C. The molecule has 0 rings (SSSR count). The minimum atomic E-state index is -0.343. The fourth-order valence-corrected chi connectivity index (χ4v) is 2.65.